The predicted molar refractivity (Wildman–Crippen MR) is 87.9 cm³/mol. The van der Waals surface area contributed by atoms with Crippen LogP contribution < -0.4 is 5.73 Å². The van der Waals surface area contributed by atoms with Crippen LogP contribution in [0.2, 0.25) is 0 Å². The Morgan fingerprint density at radius 1 is 1.33 bits per heavy atom. The second-order valence-corrected chi connectivity index (χ2v) is 6.10. The number of benzene rings is 1. The number of halogens is 1. The van der Waals surface area contributed by atoms with E-state index in [0.717, 1.165) is 31.9 Å². The Kier molecular flexibility index (Phi) is 5.04. The molecule has 1 saturated heterocycles. The highest BCUT2D eigenvalue weighted by atomic mass is 35.5. The van der Waals surface area contributed by atoms with E-state index in [0.29, 0.717) is 5.41 Å². The minimum atomic E-state index is 0. The van der Waals surface area contributed by atoms with Crippen LogP contribution in [-0.2, 0) is 6.54 Å². The maximum Gasteiger partial charge on any atom is 0.0648 e. The Bertz CT molecular complexity index is 569. The zero-order chi connectivity index (χ0) is 14.0. The van der Waals surface area contributed by atoms with Gasteiger partial charge in [0.25, 0.3) is 0 Å². The van der Waals surface area contributed by atoms with Crippen LogP contribution in [-0.4, -0.2) is 34.3 Å². The van der Waals surface area contributed by atoms with E-state index >= 15 is 0 Å². The quantitative estimate of drug-likeness (QED) is 0.944. The Hall–Kier alpha value is -1.36. The molecule has 1 aromatic heterocycles. The van der Waals surface area contributed by atoms with Crippen molar-refractivity contribution in [3.05, 3.63) is 48.3 Å². The fraction of sp³-hybridized carbons (Fsp3) is 0.438. The van der Waals surface area contributed by atoms with Crippen molar-refractivity contribution in [3.8, 4) is 5.69 Å². The molecular formula is C16H23ClN4. The molecular weight excluding hydrogens is 284 g/mol. The summed E-state index contributed by atoms with van der Waals surface area (Å²) in [6.07, 6.45) is 4.97. The summed E-state index contributed by atoms with van der Waals surface area (Å²) in [4.78, 5) is 2.50. The summed E-state index contributed by atoms with van der Waals surface area (Å²) in [5.74, 6) is 0. The minimum absolute atomic E-state index is 0. The normalized spacial score (nSPS) is 22.2. The summed E-state index contributed by atoms with van der Waals surface area (Å²) in [6, 6.07) is 10.5. The number of hydrogen-bond acceptors (Lipinski definition) is 3. The lowest BCUT2D eigenvalue weighted by atomic mass is 9.90. The first-order valence-electron chi connectivity index (χ1n) is 7.20. The molecule has 1 unspecified atom stereocenters. The van der Waals surface area contributed by atoms with Crippen LogP contribution >= 0.6 is 12.4 Å². The van der Waals surface area contributed by atoms with Gasteiger partial charge >= 0.3 is 0 Å². The van der Waals surface area contributed by atoms with Crippen molar-refractivity contribution in [1.82, 2.24) is 14.7 Å². The Morgan fingerprint density at radius 2 is 2.19 bits per heavy atom. The molecule has 2 heterocycles. The lowest BCUT2D eigenvalue weighted by Gasteiger charge is -2.22. The SMILES string of the molecule is CC1(CN)CCN(Cc2cccc(-n3cccn3)c2)C1.Cl. The number of hydrogen-bond donors (Lipinski definition) is 1. The molecule has 21 heavy (non-hydrogen) atoms. The van der Waals surface area contributed by atoms with E-state index in [-0.39, 0.29) is 12.4 Å². The topological polar surface area (TPSA) is 47.1 Å². The Morgan fingerprint density at radius 3 is 2.86 bits per heavy atom. The highest BCUT2D eigenvalue weighted by Crippen LogP contribution is 2.29. The second kappa shape index (κ2) is 6.60. The molecule has 0 spiro atoms. The second-order valence-electron chi connectivity index (χ2n) is 6.10. The van der Waals surface area contributed by atoms with Crippen molar-refractivity contribution in [2.75, 3.05) is 19.6 Å². The average Bonchev–Trinajstić information content (AvgIpc) is 3.10. The van der Waals surface area contributed by atoms with E-state index in [2.05, 4.69) is 41.2 Å². The van der Waals surface area contributed by atoms with Gasteiger partial charge in [0.15, 0.2) is 0 Å². The molecule has 1 aliphatic heterocycles. The smallest absolute Gasteiger partial charge is 0.0648 e. The van der Waals surface area contributed by atoms with Gasteiger partial charge in [-0.1, -0.05) is 19.1 Å². The van der Waals surface area contributed by atoms with Crippen molar-refractivity contribution in [3.63, 3.8) is 0 Å². The third-order valence-electron chi connectivity index (χ3n) is 4.22. The van der Waals surface area contributed by atoms with Crippen LogP contribution in [0.4, 0.5) is 0 Å². The van der Waals surface area contributed by atoms with Crippen LogP contribution in [0.25, 0.3) is 5.69 Å². The van der Waals surface area contributed by atoms with E-state index in [4.69, 9.17) is 5.73 Å². The lowest BCUT2D eigenvalue weighted by Crippen LogP contribution is -2.31. The molecule has 0 amide bonds. The molecule has 5 heteroatoms. The van der Waals surface area contributed by atoms with Crippen molar-refractivity contribution in [2.24, 2.45) is 11.1 Å². The van der Waals surface area contributed by atoms with Gasteiger partial charge in [-0.25, -0.2) is 4.68 Å². The molecule has 0 saturated carbocycles. The third-order valence-corrected chi connectivity index (χ3v) is 4.22. The zero-order valence-corrected chi connectivity index (χ0v) is 13.2. The minimum Gasteiger partial charge on any atom is -0.330 e. The lowest BCUT2D eigenvalue weighted by molar-refractivity contribution is 0.274. The number of nitrogens with zero attached hydrogens (tertiary/aromatic N) is 3. The number of nitrogens with two attached hydrogens (primary N) is 1. The molecule has 0 bridgehead atoms. The molecule has 2 N–H and O–H groups in total. The Labute approximate surface area is 132 Å². The summed E-state index contributed by atoms with van der Waals surface area (Å²) in [5.41, 5.74) is 8.62. The van der Waals surface area contributed by atoms with Crippen LogP contribution in [0.1, 0.15) is 18.9 Å². The fourth-order valence-electron chi connectivity index (χ4n) is 2.90. The van der Waals surface area contributed by atoms with Gasteiger partial charge in [-0.05, 0) is 48.7 Å². The number of rotatable bonds is 4. The van der Waals surface area contributed by atoms with E-state index in [1.807, 2.05) is 16.9 Å². The van der Waals surface area contributed by atoms with Gasteiger partial charge in [0.1, 0.15) is 0 Å². The van der Waals surface area contributed by atoms with Crippen LogP contribution in [0.3, 0.4) is 0 Å². The largest absolute Gasteiger partial charge is 0.330 e. The predicted octanol–water partition coefficient (Wildman–Crippen LogP) is 2.46. The standard InChI is InChI=1S/C16H22N4.ClH/c1-16(12-17)6-9-19(13-16)11-14-4-2-5-15(10-14)20-8-3-7-18-20;/h2-5,7-8,10H,6,9,11-13,17H2,1H3;1H. The fourth-order valence-corrected chi connectivity index (χ4v) is 2.90. The van der Waals surface area contributed by atoms with Crippen LogP contribution in [0.15, 0.2) is 42.7 Å². The van der Waals surface area contributed by atoms with Gasteiger partial charge in [0, 0.05) is 25.5 Å². The average molecular weight is 307 g/mol. The third kappa shape index (κ3) is 3.64. The summed E-state index contributed by atoms with van der Waals surface area (Å²) < 4.78 is 1.90. The molecule has 2 aromatic rings. The molecule has 1 aliphatic rings. The zero-order valence-electron chi connectivity index (χ0n) is 12.4. The van der Waals surface area contributed by atoms with Crippen molar-refractivity contribution in [2.45, 2.75) is 19.9 Å². The van der Waals surface area contributed by atoms with Crippen LogP contribution in [0.5, 0.6) is 0 Å². The Balaban J connectivity index is 0.00000161. The van der Waals surface area contributed by atoms with Gasteiger partial charge in [0.2, 0.25) is 0 Å². The maximum atomic E-state index is 5.87. The highest BCUT2D eigenvalue weighted by Gasteiger charge is 2.32. The van der Waals surface area contributed by atoms with Crippen molar-refractivity contribution in [1.29, 1.82) is 0 Å². The van der Waals surface area contributed by atoms with Crippen LogP contribution in [0, 0.1) is 5.41 Å². The summed E-state index contributed by atoms with van der Waals surface area (Å²) in [5, 5.41) is 4.28. The van der Waals surface area contributed by atoms with E-state index < -0.39 is 0 Å². The van der Waals surface area contributed by atoms with Gasteiger partial charge < -0.3 is 5.73 Å². The molecule has 1 aromatic carbocycles. The summed E-state index contributed by atoms with van der Waals surface area (Å²) in [7, 11) is 0. The van der Waals surface area contributed by atoms with Gasteiger partial charge in [0.05, 0.1) is 5.69 Å². The molecule has 4 nitrogen and oxygen atoms in total. The first-order valence-corrected chi connectivity index (χ1v) is 7.20. The first-order chi connectivity index (χ1) is 9.68. The van der Waals surface area contributed by atoms with E-state index in [9.17, 15) is 0 Å². The first kappa shape index (κ1) is 16.0. The summed E-state index contributed by atoms with van der Waals surface area (Å²) in [6.45, 7) is 6.28. The molecule has 1 atom stereocenters. The molecule has 0 radical (unpaired) electrons. The molecule has 0 aliphatic carbocycles. The molecule has 1 fully saturated rings. The molecule has 3 rings (SSSR count). The number of aromatic nitrogens is 2. The monoisotopic (exact) mass is 306 g/mol. The van der Waals surface area contributed by atoms with Gasteiger partial charge in [-0.3, -0.25) is 4.90 Å². The van der Waals surface area contributed by atoms with E-state index in [1.165, 1.54) is 12.0 Å². The van der Waals surface area contributed by atoms with Crippen molar-refractivity contribution >= 4 is 12.4 Å². The molecule has 114 valence electrons. The summed E-state index contributed by atoms with van der Waals surface area (Å²) >= 11 is 0. The highest BCUT2D eigenvalue weighted by molar-refractivity contribution is 5.85. The van der Waals surface area contributed by atoms with E-state index in [1.54, 1.807) is 6.20 Å². The maximum absolute atomic E-state index is 5.87. The number of likely N-dealkylation sites (tertiary alicyclic amines) is 1. The van der Waals surface area contributed by atoms with Crippen molar-refractivity contribution < 1.29 is 0 Å². The van der Waals surface area contributed by atoms with Gasteiger partial charge in [-0.2, -0.15) is 5.10 Å². The van der Waals surface area contributed by atoms with Gasteiger partial charge in [-0.15, -0.1) is 12.4 Å².